The van der Waals surface area contributed by atoms with Crippen molar-refractivity contribution in [3.8, 4) is 0 Å². The Morgan fingerprint density at radius 1 is 1.35 bits per heavy atom. The normalized spacial score (nSPS) is 32.0. The summed E-state index contributed by atoms with van der Waals surface area (Å²) < 4.78 is 0. The lowest BCUT2D eigenvalue weighted by molar-refractivity contribution is 0.111. The van der Waals surface area contributed by atoms with Crippen molar-refractivity contribution in [1.82, 2.24) is 10.8 Å². The molecule has 1 aromatic rings. The van der Waals surface area contributed by atoms with Crippen LogP contribution in [0.15, 0.2) is 29.5 Å². The fourth-order valence-electron chi connectivity index (χ4n) is 3.85. The van der Waals surface area contributed by atoms with Gasteiger partial charge in [-0.05, 0) is 42.5 Å². The summed E-state index contributed by atoms with van der Waals surface area (Å²) in [7, 11) is 1.61. The minimum Gasteiger partial charge on any atom is -0.391 e. The molecule has 2 aliphatic rings. The standard InChI is InChI=1S/C17H22Cl2N2O2/c1-3-14(21-23-2)16-11(7-10-8-15(22)17(16)20-10)9-4-5-12(18)13(19)6-9/h4-6,10-11,15,17,20-22H,3,7-8H2,1-2H3/t10?,11-,15?,17-/m1/s1. The number of benzene rings is 1. The van der Waals surface area contributed by atoms with Crippen LogP contribution in [0.4, 0.5) is 0 Å². The number of hydrogen-bond donors (Lipinski definition) is 3. The number of aliphatic hydroxyl groups is 1. The highest BCUT2D eigenvalue weighted by Gasteiger charge is 2.44. The second-order valence-corrected chi connectivity index (χ2v) is 7.01. The van der Waals surface area contributed by atoms with Crippen molar-refractivity contribution in [2.24, 2.45) is 0 Å². The zero-order valence-corrected chi connectivity index (χ0v) is 14.8. The third kappa shape index (κ3) is 3.24. The van der Waals surface area contributed by atoms with Gasteiger partial charge in [0.1, 0.15) is 0 Å². The lowest BCUT2D eigenvalue weighted by atomic mass is 9.80. The van der Waals surface area contributed by atoms with E-state index in [1.807, 2.05) is 18.2 Å². The minimum atomic E-state index is -0.372. The van der Waals surface area contributed by atoms with Gasteiger partial charge in [-0.15, -0.1) is 0 Å². The van der Waals surface area contributed by atoms with Crippen LogP contribution in [-0.4, -0.2) is 30.4 Å². The molecule has 0 saturated carbocycles. The summed E-state index contributed by atoms with van der Waals surface area (Å²) in [5, 5.41) is 15.1. The van der Waals surface area contributed by atoms with Crippen LogP contribution in [0.5, 0.6) is 0 Å². The van der Waals surface area contributed by atoms with Crippen LogP contribution in [-0.2, 0) is 4.84 Å². The molecule has 0 spiro atoms. The molecule has 2 heterocycles. The molecular weight excluding hydrogens is 335 g/mol. The van der Waals surface area contributed by atoms with Gasteiger partial charge in [0.2, 0.25) is 0 Å². The maximum absolute atomic E-state index is 10.4. The predicted octanol–water partition coefficient (Wildman–Crippen LogP) is 3.39. The Bertz CT molecular complexity index is 621. The maximum Gasteiger partial charge on any atom is 0.0747 e. The third-order valence-corrected chi connectivity index (χ3v) is 5.57. The Morgan fingerprint density at radius 2 is 2.13 bits per heavy atom. The topological polar surface area (TPSA) is 53.5 Å². The van der Waals surface area contributed by atoms with Crippen molar-refractivity contribution in [1.29, 1.82) is 0 Å². The number of aliphatic hydroxyl groups excluding tert-OH is 1. The molecule has 23 heavy (non-hydrogen) atoms. The summed E-state index contributed by atoms with van der Waals surface area (Å²) in [5.74, 6) is 0.191. The van der Waals surface area contributed by atoms with Crippen LogP contribution in [0.2, 0.25) is 10.0 Å². The van der Waals surface area contributed by atoms with E-state index in [1.54, 1.807) is 7.11 Å². The summed E-state index contributed by atoms with van der Waals surface area (Å²) in [6, 6.07) is 6.07. The molecule has 2 fully saturated rings. The van der Waals surface area contributed by atoms with Crippen LogP contribution in [0.1, 0.15) is 37.7 Å². The van der Waals surface area contributed by atoms with Crippen molar-refractivity contribution >= 4 is 23.2 Å². The van der Waals surface area contributed by atoms with Crippen LogP contribution in [0.3, 0.4) is 0 Å². The molecule has 0 amide bonds. The van der Waals surface area contributed by atoms with Crippen molar-refractivity contribution in [2.75, 3.05) is 7.11 Å². The molecular formula is C17H22Cl2N2O2. The molecule has 4 atom stereocenters. The fourth-order valence-corrected chi connectivity index (χ4v) is 4.16. The molecule has 2 bridgehead atoms. The van der Waals surface area contributed by atoms with E-state index in [4.69, 9.17) is 28.0 Å². The van der Waals surface area contributed by atoms with Crippen molar-refractivity contribution < 1.29 is 9.94 Å². The van der Waals surface area contributed by atoms with Crippen molar-refractivity contribution in [2.45, 2.75) is 50.3 Å². The number of halogens is 2. The Balaban J connectivity index is 2.06. The molecule has 0 aromatic heterocycles. The predicted molar refractivity (Wildman–Crippen MR) is 92.6 cm³/mol. The van der Waals surface area contributed by atoms with Crippen molar-refractivity contribution in [3.63, 3.8) is 0 Å². The quantitative estimate of drug-likeness (QED) is 0.723. The second kappa shape index (κ2) is 6.99. The van der Waals surface area contributed by atoms with Crippen molar-refractivity contribution in [3.05, 3.63) is 45.1 Å². The highest BCUT2D eigenvalue weighted by molar-refractivity contribution is 6.42. The van der Waals surface area contributed by atoms with E-state index in [9.17, 15) is 5.11 Å². The highest BCUT2D eigenvalue weighted by Crippen LogP contribution is 2.44. The molecule has 4 nitrogen and oxygen atoms in total. The Morgan fingerprint density at radius 3 is 2.78 bits per heavy atom. The van der Waals surface area contributed by atoms with Gasteiger partial charge in [0.25, 0.3) is 0 Å². The highest BCUT2D eigenvalue weighted by atomic mass is 35.5. The number of piperidine rings is 1. The van der Waals surface area contributed by atoms with Crippen LogP contribution in [0, 0.1) is 0 Å². The lowest BCUT2D eigenvalue weighted by Gasteiger charge is -2.35. The first-order chi connectivity index (χ1) is 11.0. The van der Waals surface area contributed by atoms with E-state index >= 15 is 0 Å². The van der Waals surface area contributed by atoms with Gasteiger partial charge in [-0.1, -0.05) is 36.2 Å². The Kier molecular flexibility index (Phi) is 5.19. The summed E-state index contributed by atoms with van der Waals surface area (Å²) in [4.78, 5) is 5.15. The van der Waals surface area contributed by atoms with Gasteiger partial charge < -0.3 is 10.4 Å². The number of allylic oxidation sites excluding steroid dienone is 1. The zero-order chi connectivity index (χ0) is 16.6. The average molecular weight is 357 g/mol. The Labute approximate surface area is 146 Å². The fraction of sp³-hybridized carbons (Fsp3) is 0.529. The monoisotopic (exact) mass is 356 g/mol. The van der Waals surface area contributed by atoms with Gasteiger partial charge in [-0.2, -0.15) is 0 Å². The van der Waals surface area contributed by atoms with E-state index in [1.165, 1.54) is 0 Å². The second-order valence-electron chi connectivity index (χ2n) is 6.20. The molecule has 126 valence electrons. The molecule has 0 radical (unpaired) electrons. The van der Waals surface area contributed by atoms with E-state index in [2.05, 4.69) is 17.7 Å². The number of fused-ring (bicyclic) bond motifs is 2. The van der Waals surface area contributed by atoms with E-state index < -0.39 is 0 Å². The number of hydrogen-bond acceptors (Lipinski definition) is 4. The summed E-state index contributed by atoms with van der Waals surface area (Å²) in [6.45, 7) is 2.08. The van der Waals surface area contributed by atoms with Gasteiger partial charge >= 0.3 is 0 Å². The number of nitrogens with one attached hydrogen (secondary N) is 2. The molecule has 2 aliphatic heterocycles. The molecule has 6 heteroatoms. The first-order valence-electron chi connectivity index (χ1n) is 7.96. The molecule has 2 saturated heterocycles. The van der Waals surface area contributed by atoms with E-state index in [-0.39, 0.29) is 18.1 Å². The molecule has 1 aromatic carbocycles. The van der Waals surface area contributed by atoms with E-state index in [0.29, 0.717) is 16.1 Å². The van der Waals surface area contributed by atoms with E-state index in [0.717, 1.165) is 36.1 Å². The Hall–Kier alpha value is -0.780. The van der Waals surface area contributed by atoms with Crippen LogP contribution >= 0.6 is 23.2 Å². The SMILES string of the molecule is CCC(NOC)=C1[C@@H](c2ccc(Cl)c(Cl)c2)CC2CC(O)[C@H]1N2. The van der Waals surface area contributed by atoms with Gasteiger partial charge in [-0.3, -0.25) is 10.3 Å². The number of hydroxylamine groups is 1. The zero-order valence-electron chi connectivity index (χ0n) is 13.3. The molecule has 0 aliphatic carbocycles. The smallest absolute Gasteiger partial charge is 0.0747 e. The van der Waals surface area contributed by atoms with Gasteiger partial charge in [0.15, 0.2) is 0 Å². The first kappa shape index (κ1) is 17.1. The van der Waals surface area contributed by atoms with Crippen LogP contribution in [0.25, 0.3) is 0 Å². The largest absolute Gasteiger partial charge is 0.391 e. The minimum absolute atomic E-state index is 0.0502. The third-order valence-electron chi connectivity index (χ3n) is 4.83. The lowest BCUT2D eigenvalue weighted by Crippen LogP contribution is -2.44. The molecule has 3 rings (SSSR count). The average Bonchev–Trinajstić information content (AvgIpc) is 2.83. The first-order valence-corrected chi connectivity index (χ1v) is 8.71. The van der Waals surface area contributed by atoms with Gasteiger partial charge in [-0.25, -0.2) is 0 Å². The molecule has 3 N–H and O–H groups in total. The van der Waals surface area contributed by atoms with Gasteiger partial charge in [0.05, 0.1) is 29.3 Å². The summed E-state index contributed by atoms with van der Waals surface area (Å²) in [6.07, 6.45) is 2.13. The van der Waals surface area contributed by atoms with Gasteiger partial charge in [0, 0.05) is 17.7 Å². The van der Waals surface area contributed by atoms with Crippen LogP contribution < -0.4 is 10.8 Å². The molecule has 2 unspecified atom stereocenters. The summed E-state index contributed by atoms with van der Waals surface area (Å²) in [5.41, 5.74) is 6.30. The summed E-state index contributed by atoms with van der Waals surface area (Å²) >= 11 is 12.3. The number of rotatable bonds is 4. The maximum atomic E-state index is 10.4.